The molecular weight excluding hydrogens is 322 g/mol. The van der Waals surface area contributed by atoms with E-state index in [1.165, 1.54) is 0 Å². The zero-order chi connectivity index (χ0) is 18.0. The summed E-state index contributed by atoms with van der Waals surface area (Å²) < 4.78 is 5.26. The van der Waals surface area contributed by atoms with Crippen LogP contribution in [0.5, 0.6) is 0 Å². The number of nitrogens with two attached hydrogens (primary N) is 1. The number of hydrogen-bond acceptors (Lipinski definition) is 6. The van der Waals surface area contributed by atoms with E-state index in [4.69, 9.17) is 15.4 Å². The molecule has 1 saturated heterocycles. The predicted octanol–water partition coefficient (Wildman–Crippen LogP) is 1.32. The van der Waals surface area contributed by atoms with Gasteiger partial charge in [0.2, 0.25) is 5.91 Å². The number of hydrogen-bond donors (Lipinski definition) is 2. The van der Waals surface area contributed by atoms with E-state index < -0.39 is 6.04 Å². The van der Waals surface area contributed by atoms with Gasteiger partial charge in [0, 0.05) is 31.5 Å². The van der Waals surface area contributed by atoms with Crippen molar-refractivity contribution in [2.24, 2.45) is 17.6 Å². The van der Waals surface area contributed by atoms with Crippen molar-refractivity contribution < 1.29 is 19.2 Å². The molecule has 3 rings (SSSR count). The third kappa shape index (κ3) is 4.27. The van der Waals surface area contributed by atoms with E-state index >= 15 is 0 Å². The van der Waals surface area contributed by atoms with Gasteiger partial charge in [-0.15, -0.1) is 0 Å². The van der Waals surface area contributed by atoms with E-state index in [0.717, 1.165) is 31.4 Å². The summed E-state index contributed by atoms with van der Waals surface area (Å²) in [6.45, 7) is 3.02. The lowest BCUT2D eigenvalue weighted by Gasteiger charge is -2.35. The third-order valence-corrected chi connectivity index (χ3v) is 5.47. The maximum atomic E-state index is 12.4. The molecule has 0 bridgehead atoms. The molecule has 138 valence electrons. The van der Waals surface area contributed by atoms with Crippen molar-refractivity contribution >= 4 is 11.7 Å². The molecule has 2 heterocycles. The molecule has 2 aliphatic rings. The second-order valence-corrected chi connectivity index (χ2v) is 7.45. The molecule has 7 heteroatoms. The number of aliphatic hydroxyl groups excluding tert-OH is 1. The van der Waals surface area contributed by atoms with Crippen LogP contribution in [0, 0.1) is 11.8 Å². The number of piperidine rings is 1. The molecule has 25 heavy (non-hydrogen) atoms. The molecule has 0 aromatic carbocycles. The minimum Gasteiger partial charge on any atom is -0.394 e. The van der Waals surface area contributed by atoms with Gasteiger partial charge in [0.05, 0.1) is 6.61 Å². The van der Waals surface area contributed by atoms with Crippen molar-refractivity contribution in [3.05, 3.63) is 17.5 Å². The Morgan fingerprint density at radius 2 is 2.04 bits per heavy atom. The number of Topliss-reactive ketones (excluding diaryl/α,β-unsaturated/α-hetero) is 1. The molecule has 1 aliphatic carbocycles. The SMILES string of the molecule is CC(CC(=O)c1cc(C2CC2)on1)C1CCN(C(=O)[C@@H](N)CO)CC1. The second-order valence-electron chi connectivity index (χ2n) is 7.45. The van der Waals surface area contributed by atoms with Gasteiger partial charge < -0.3 is 20.3 Å². The number of amides is 1. The molecule has 1 amide bonds. The number of likely N-dealkylation sites (tertiary alicyclic amines) is 1. The van der Waals surface area contributed by atoms with E-state index in [2.05, 4.69) is 12.1 Å². The fourth-order valence-electron chi connectivity index (χ4n) is 3.55. The van der Waals surface area contributed by atoms with Gasteiger partial charge in [-0.3, -0.25) is 9.59 Å². The smallest absolute Gasteiger partial charge is 0.241 e. The third-order valence-electron chi connectivity index (χ3n) is 5.47. The zero-order valence-electron chi connectivity index (χ0n) is 14.7. The fraction of sp³-hybridized carbons (Fsp3) is 0.722. The maximum Gasteiger partial charge on any atom is 0.241 e. The Morgan fingerprint density at radius 3 is 2.64 bits per heavy atom. The largest absolute Gasteiger partial charge is 0.394 e. The van der Waals surface area contributed by atoms with Gasteiger partial charge in [-0.05, 0) is 37.5 Å². The van der Waals surface area contributed by atoms with Crippen LogP contribution in [0.4, 0.5) is 0 Å². The summed E-state index contributed by atoms with van der Waals surface area (Å²) in [6, 6.07) is 0.966. The molecule has 2 fully saturated rings. The molecule has 7 nitrogen and oxygen atoms in total. The van der Waals surface area contributed by atoms with Gasteiger partial charge in [-0.2, -0.15) is 0 Å². The first-order valence-electron chi connectivity index (χ1n) is 9.14. The summed E-state index contributed by atoms with van der Waals surface area (Å²) in [5, 5.41) is 12.9. The van der Waals surface area contributed by atoms with Crippen molar-refractivity contribution in [3.8, 4) is 0 Å². The number of ketones is 1. The highest BCUT2D eigenvalue weighted by molar-refractivity contribution is 5.94. The first-order valence-corrected chi connectivity index (χ1v) is 9.14. The fourth-order valence-corrected chi connectivity index (χ4v) is 3.55. The van der Waals surface area contributed by atoms with E-state index in [-0.39, 0.29) is 24.2 Å². The van der Waals surface area contributed by atoms with Crippen molar-refractivity contribution in [2.75, 3.05) is 19.7 Å². The number of aromatic nitrogens is 1. The van der Waals surface area contributed by atoms with Gasteiger partial charge in [-0.1, -0.05) is 12.1 Å². The molecule has 1 unspecified atom stereocenters. The minimum atomic E-state index is -0.830. The summed E-state index contributed by atoms with van der Waals surface area (Å²) in [7, 11) is 0. The molecule has 1 aromatic rings. The summed E-state index contributed by atoms with van der Waals surface area (Å²) in [5.74, 6) is 1.76. The van der Waals surface area contributed by atoms with Crippen molar-refractivity contribution in [1.29, 1.82) is 0 Å². The summed E-state index contributed by atoms with van der Waals surface area (Å²) in [4.78, 5) is 26.1. The molecular formula is C18H27N3O4. The zero-order valence-corrected chi connectivity index (χ0v) is 14.7. The first kappa shape index (κ1) is 18.1. The molecule has 1 aromatic heterocycles. The highest BCUT2D eigenvalue weighted by atomic mass is 16.5. The van der Waals surface area contributed by atoms with Gasteiger partial charge in [0.25, 0.3) is 0 Å². The number of rotatable bonds is 7. The normalized spacial score (nSPS) is 21.2. The lowest BCUT2D eigenvalue weighted by molar-refractivity contribution is -0.135. The van der Waals surface area contributed by atoms with Crippen LogP contribution in [0.25, 0.3) is 0 Å². The van der Waals surface area contributed by atoms with Crippen LogP contribution in [-0.2, 0) is 4.79 Å². The molecule has 0 spiro atoms. The Balaban J connectivity index is 1.47. The van der Waals surface area contributed by atoms with Crippen LogP contribution >= 0.6 is 0 Å². The highest BCUT2D eigenvalue weighted by Gasteiger charge is 2.31. The van der Waals surface area contributed by atoms with Crippen LogP contribution in [0.15, 0.2) is 10.6 Å². The molecule has 3 N–H and O–H groups in total. The van der Waals surface area contributed by atoms with Crippen molar-refractivity contribution in [3.63, 3.8) is 0 Å². The quantitative estimate of drug-likeness (QED) is 0.719. The number of nitrogens with zero attached hydrogens (tertiary/aromatic N) is 2. The summed E-state index contributed by atoms with van der Waals surface area (Å²) >= 11 is 0. The molecule has 2 atom stereocenters. The summed E-state index contributed by atoms with van der Waals surface area (Å²) in [5.41, 5.74) is 6.04. The topological polar surface area (TPSA) is 110 Å². The Morgan fingerprint density at radius 1 is 1.36 bits per heavy atom. The predicted molar refractivity (Wildman–Crippen MR) is 91.0 cm³/mol. The molecule has 1 aliphatic heterocycles. The van der Waals surface area contributed by atoms with E-state index in [9.17, 15) is 9.59 Å². The first-order chi connectivity index (χ1) is 12.0. The van der Waals surface area contributed by atoms with Crippen LogP contribution in [0.2, 0.25) is 0 Å². The Kier molecular flexibility index (Phi) is 5.54. The van der Waals surface area contributed by atoms with Crippen LogP contribution in [0.3, 0.4) is 0 Å². The van der Waals surface area contributed by atoms with Gasteiger partial charge in [0.15, 0.2) is 5.78 Å². The van der Waals surface area contributed by atoms with Crippen LogP contribution in [0.1, 0.15) is 61.2 Å². The Labute approximate surface area is 147 Å². The van der Waals surface area contributed by atoms with E-state index in [1.807, 2.05) is 0 Å². The molecule has 0 radical (unpaired) electrons. The minimum absolute atomic E-state index is 0.0314. The van der Waals surface area contributed by atoms with E-state index in [0.29, 0.717) is 37.0 Å². The summed E-state index contributed by atoms with van der Waals surface area (Å²) in [6.07, 6.45) is 4.40. The highest BCUT2D eigenvalue weighted by Crippen LogP contribution is 2.40. The average Bonchev–Trinajstić information content (AvgIpc) is 3.37. The standard InChI is InChI=1S/C18H27N3O4/c1-11(8-16(23)15-9-17(25-20-15)13-2-3-13)12-4-6-21(7-5-12)18(24)14(19)10-22/h9,11-14,22H,2-8,10,19H2,1H3/t11?,14-/m0/s1. The number of carbonyl (C=O) groups excluding carboxylic acids is 2. The van der Waals surface area contributed by atoms with E-state index in [1.54, 1.807) is 11.0 Å². The number of aliphatic hydroxyl groups is 1. The van der Waals surface area contributed by atoms with Gasteiger partial charge >= 0.3 is 0 Å². The monoisotopic (exact) mass is 349 g/mol. The van der Waals surface area contributed by atoms with Crippen molar-refractivity contribution in [1.82, 2.24) is 10.1 Å². The maximum absolute atomic E-state index is 12.4. The van der Waals surface area contributed by atoms with Crippen LogP contribution < -0.4 is 5.73 Å². The lowest BCUT2D eigenvalue weighted by atomic mass is 9.82. The van der Waals surface area contributed by atoms with Crippen LogP contribution in [-0.4, -0.2) is 52.6 Å². The second kappa shape index (κ2) is 7.66. The van der Waals surface area contributed by atoms with Gasteiger partial charge in [-0.25, -0.2) is 0 Å². The molecule has 1 saturated carbocycles. The lowest BCUT2D eigenvalue weighted by Crippen LogP contribution is -2.49. The van der Waals surface area contributed by atoms with Crippen molar-refractivity contribution in [2.45, 2.75) is 51.0 Å². The average molecular weight is 349 g/mol. The Bertz CT molecular complexity index is 618. The van der Waals surface area contributed by atoms with Gasteiger partial charge in [0.1, 0.15) is 17.5 Å². The Hall–Kier alpha value is -1.73. The number of carbonyl (C=O) groups is 2.